The van der Waals surface area contributed by atoms with Gasteiger partial charge in [-0.15, -0.1) is 35.3 Å². The molecule has 0 spiro atoms. The Morgan fingerprint density at radius 3 is 2.79 bits per heavy atom. The molecule has 2 heterocycles. The molecule has 0 radical (unpaired) electrons. The fourth-order valence-electron chi connectivity index (χ4n) is 2.52. The zero-order chi connectivity index (χ0) is 16.7. The number of aromatic nitrogens is 2. The van der Waals surface area contributed by atoms with Gasteiger partial charge in [-0.05, 0) is 11.8 Å². The first kappa shape index (κ1) is 21.2. The number of thiazole rings is 1. The van der Waals surface area contributed by atoms with Gasteiger partial charge in [0.05, 0.1) is 12.2 Å². The third kappa shape index (κ3) is 6.58. The summed E-state index contributed by atoms with van der Waals surface area (Å²) in [6.45, 7) is 8.48. The first-order chi connectivity index (χ1) is 11.0. The van der Waals surface area contributed by atoms with Gasteiger partial charge in [-0.3, -0.25) is 9.39 Å². The van der Waals surface area contributed by atoms with Gasteiger partial charge in [0.2, 0.25) is 0 Å². The number of unbranched alkanes of at least 4 members (excludes halogenated alkanes) is 2. The predicted octanol–water partition coefficient (Wildman–Crippen LogP) is 4.29. The summed E-state index contributed by atoms with van der Waals surface area (Å²) in [7, 11) is 1.81. The van der Waals surface area contributed by atoms with Crippen LogP contribution in [-0.2, 0) is 6.54 Å². The quantitative estimate of drug-likeness (QED) is 0.266. The summed E-state index contributed by atoms with van der Waals surface area (Å²) in [6.07, 6.45) is 9.21. The lowest BCUT2D eigenvalue weighted by molar-refractivity contribution is 0.318. The number of hydrogen-bond acceptors (Lipinski definition) is 3. The molecule has 0 aromatic carbocycles. The highest BCUT2D eigenvalue weighted by Crippen LogP contribution is 2.22. The molecule has 24 heavy (non-hydrogen) atoms. The minimum absolute atomic E-state index is 0. The lowest BCUT2D eigenvalue weighted by atomic mass is 9.87. The number of imidazole rings is 1. The molecule has 2 aromatic heterocycles. The highest BCUT2D eigenvalue weighted by atomic mass is 127. The Kier molecular flexibility index (Phi) is 9.04. The van der Waals surface area contributed by atoms with Gasteiger partial charge < -0.3 is 10.6 Å². The molecule has 0 saturated carbocycles. The summed E-state index contributed by atoms with van der Waals surface area (Å²) in [5.41, 5.74) is 1.31. The van der Waals surface area contributed by atoms with Crippen LogP contribution >= 0.6 is 35.3 Å². The fraction of sp³-hybridized carbons (Fsp3) is 0.647. The van der Waals surface area contributed by atoms with E-state index in [-0.39, 0.29) is 29.4 Å². The molecule has 136 valence electrons. The molecule has 5 nitrogen and oxygen atoms in total. The summed E-state index contributed by atoms with van der Waals surface area (Å²) < 4.78 is 2.05. The Morgan fingerprint density at radius 1 is 1.33 bits per heavy atom. The molecule has 0 aliphatic rings. The van der Waals surface area contributed by atoms with Crippen molar-refractivity contribution in [2.45, 2.75) is 53.0 Å². The van der Waals surface area contributed by atoms with Crippen LogP contribution in [0.4, 0.5) is 0 Å². The molecule has 0 aliphatic heterocycles. The van der Waals surface area contributed by atoms with Crippen LogP contribution in [0.15, 0.2) is 22.8 Å². The minimum atomic E-state index is 0. The van der Waals surface area contributed by atoms with Crippen LogP contribution in [0.25, 0.3) is 4.96 Å². The van der Waals surface area contributed by atoms with E-state index in [0.29, 0.717) is 6.54 Å². The average Bonchev–Trinajstić information content (AvgIpc) is 3.08. The maximum atomic E-state index is 4.57. The van der Waals surface area contributed by atoms with Crippen LogP contribution < -0.4 is 10.6 Å². The molecule has 2 aromatic rings. The number of rotatable bonds is 8. The third-order valence-corrected chi connectivity index (χ3v) is 4.77. The van der Waals surface area contributed by atoms with E-state index in [1.165, 1.54) is 25.7 Å². The maximum absolute atomic E-state index is 4.57. The molecular formula is C17H30IN5S. The Morgan fingerprint density at radius 2 is 2.12 bits per heavy atom. The standard InChI is InChI=1S/C17H29N5S.HI/c1-5-6-7-8-17(2,3)13-20-15(18-4)19-11-14-12-22-9-10-23-16(22)21-14;/h9-10,12H,5-8,11,13H2,1-4H3,(H2,18,19,20);1H. The molecule has 2 N–H and O–H groups in total. The lowest BCUT2D eigenvalue weighted by Crippen LogP contribution is -2.41. The highest BCUT2D eigenvalue weighted by molar-refractivity contribution is 14.0. The molecule has 7 heteroatoms. The van der Waals surface area contributed by atoms with Crippen LogP contribution in [0.5, 0.6) is 0 Å². The van der Waals surface area contributed by atoms with Gasteiger partial charge in [0.1, 0.15) is 0 Å². The second kappa shape index (κ2) is 10.2. The van der Waals surface area contributed by atoms with Gasteiger partial charge in [0.25, 0.3) is 0 Å². The number of nitrogens with one attached hydrogen (secondary N) is 2. The van der Waals surface area contributed by atoms with E-state index in [1.54, 1.807) is 11.3 Å². The first-order valence-corrected chi connectivity index (χ1v) is 9.27. The SMILES string of the molecule is CCCCCC(C)(C)CNC(=NC)NCc1cn2ccsc2n1.I. The second-order valence-electron chi connectivity index (χ2n) is 6.73. The van der Waals surface area contributed by atoms with Crippen molar-refractivity contribution in [3.05, 3.63) is 23.5 Å². The molecule has 0 saturated heterocycles. The summed E-state index contributed by atoms with van der Waals surface area (Å²) in [5.74, 6) is 0.838. The molecule has 2 rings (SSSR count). The summed E-state index contributed by atoms with van der Waals surface area (Å²) in [4.78, 5) is 9.91. The molecule has 0 fully saturated rings. The second-order valence-corrected chi connectivity index (χ2v) is 7.60. The van der Waals surface area contributed by atoms with Crippen LogP contribution in [-0.4, -0.2) is 28.9 Å². The van der Waals surface area contributed by atoms with Gasteiger partial charge in [0.15, 0.2) is 10.9 Å². The molecule has 0 bridgehead atoms. The van der Waals surface area contributed by atoms with Gasteiger partial charge >= 0.3 is 0 Å². The van der Waals surface area contributed by atoms with Crippen LogP contribution in [0, 0.1) is 5.41 Å². The summed E-state index contributed by atoms with van der Waals surface area (Å²) in [5, 5.41) is 8.83. The van der Waals surface area contributed by atoms with E-state index in [2.05, 4.69) is 52.0 Å². The van der Waals surface area contributed by atoms with E-state index < -0.39 is 0 Å². The van der Waals surface area contributed by atoms with Crippen molar-refractivity contribution in [3.63, 3.8) is 0 Å². The van der Waals surface area contributed by atoms with Gasteiger partial charge in [-0.2, -0.15) is 0 Å². The Labute approximate surface area is 166 Å². The monoisotopic (exact) mass is 463 g/mol. The lowest BCUT2D eigenvalue weighted by Gasteiger charge is -2.26. The van der Waals surface area contributed by atoms with Crippen molar-refractivity contribution < 1.29 is 0 Å². The van der Waals surface area contributed by atoms with Crippen molar-refractivity contribution in [2.24, 2.45) is 10.4 Å². The molecular weight excluding hydrogens is 433 g/mol. The van der Waals surface area contributed by atoms with E-state index >= 15 is 0 Å². The van der Waals surface area contributed by atoms with Crippen molar-refractivity contribution in [2.75, 3.05) is 13.6 Å². The average molecular weight is 463 g/mol. The molecule has 0 unspecified atom stereocenters. The number of hydrogen-bond donors (Lipinski definition) is 2. The fourth-order valence-corrected chi connectivity index (χ4v) is 3.24. The van der Waals surface area contributed by atoms with Gasteiger partial charge in [-0.1, -0.05) is 40.0 Å². The Hall–Kier alpha value is -0.830. The van der Waals surface area contributed by atoms with Crippen molar-refractivity contribution in [1.29, 1.82) is 0 Å². The smallest absolute Gasteiger partial charge is 0.193 e. The number of aliphatic imine (C=N–C) groups is 1. The maximum Gasteiger partial charge on any atom is 0.193 e. The number of guanidine groups is 1. The van der Waals surface area contributed by atoms with E-state index in [4.69, 9.17) is 0 Å². The van der Waals surface area contributed by atoms with Crippen molar-refractivity contribution >= 4 is 46.2 Å². The number of fused-ring (bicyclic) bond motifs is 1. The molecule has 0 aliphatic carbocycles. The largest absolute Gasteiger partial charge is 0.356 e. The van der Waals surface area contributed by atoms with Gasteiger partial charge in [0, 0.05) is 31.4 Å². The Bertz CT molecular complexity index is 603. The van der Waals surface area contributed by atoms with Crippen molar-refractivity contribution in [3.8, 4) is 0 Å². The first-order valence-electron chi connectivity index (χ1n) is 8.39. The number of halogens is 1. The van der Waals surface area contributed by atoms with E-state index in [9.17, 15) is 0 Å². The zero-order valence-corrected chi connectivity index (χ0v) is 18.3. The van der Waals surface area contributed by atoms with Crippen LogP contribution in [0.3, 0.4) is 0 Å². The topological polar surface area (TPSA) is 53.7 Å². The summed E-state index contributed by atoms with van der Waals surface area (Å²) >= 11 is 1.65. The predicted molar refractivity (Wildman–Crippen MR) is 115 cm³/mol. The molecule has 0 atom stereocenters. The van der Waals surface area contributed by atoms with Gasteiger partial charge in [-0.25, -0.2) is 4.98 Å². The van der Waals surface area contributed by atoms with Crippen LogP contribution in [0.2, 0.25) is 0 Å². The number of nitrogens with zero attached hydrogens (tertiary/aromatic N) is 3. The highest BCUT2D eigenvalue weighted by Gasteiger charge is 2.17. The van der Waals surface area contributed by atoms with E-state index in [1.807, 2.05) is 18.6 Å². The normalized spacial score (nSPS) is 12.2. The Balaban J connectivity index is 0.00000288. The summed E-state index contributed by atoms with van der Waals surface area (Å²) in [6, 6.07) is 0. The van der Waals surface area contributed by atoms with Crippen LogP contribution in [0.1, 0.15) is 52.1 Å². The third-order valence-electron chi connectivity index (χ3n) is 4.00. The minimum Gasteiger partial charge on any atom is -0.356 e. The van der Waals surface area contributed by atoms with E-state index in [0.717, 1.165) is 23.2 Å². The zero-order valence-electron chi connectivity index (χ0n) is 15.1. The molecule has 0 amide bonds. The van der Waals surface area contributed by atoms with Crippen molar-refractivity contribution in [1.82, 2.24) is 20.0 Å².